The first-order chi connectivity index (χ1) is 8.62. The van der Waals surface area contributed by atoms with Crippen molar-refractivity contribution in [3.63, 3.8) is 0 Å². The van der Waals surface area contributed by atoms with E-state index in [2.05, 4.69) is 52.6 Å². The van der Waals surface area contributed by atoms with Crippen molar-refractivity contribution in [3.8, 4) is 0 Å². The summed E-state index contributed by atoms with van der Waals surface area (Å²) in [6.45, 7) is 13.3. The molecule has 0 spiro atoms. The summed E-state index contributed by atoms with van der Waals surface area (Å²) in [6, 6.07) is 4.04. The molecule has 0 saturated heterocycles. The van der Waals surface area contributed by atoms with Gasteiger partial charge in [-0.3, -0.25) is 9.78 Å². The normalized spacial score (nSPS) is 20.4. The first kappa shape index (κ1) is 14.0. The molecule has 0 N–H and O–H groups in total. The number of carbonyl (C=O) groups excluding carboxylic acids is 1. The van der Waals surface area contributed by atoms with Crippen LogP contribution in [-0.2, 0) is 11.3 Å². The molecular formula is C16H24N2O. The number of aromatic nitrogens is 1. The Morgan fingerprint density at radius 1 is 1.21 bits per heavy atom. The lowest BCUT2D eigenvalue weighted by atomic mass is 9.74. The number of hydrogen-bond acceptors (Lipinski definition) is 2. The summed E-state index contributed by atoms with van der Waals surface area (Å²) in [5.74, 6) is 0.0443. The van der Waals surface area contributed by atoms with E-state index < -0.39 is 0 Å². The molecule has 0 bridgehead atoms. The van der Waals surface area contributed by atoms with E-state index >= 15 is 0 Å². The van der Waals surface area contributed by atoms with Crippen LogP contribution in [-0.4, -0.2) is 21.3 Å². The van der Waals surface area contributed by atoms with Gasteiger partial charge >= 0.3 is 0 Å². The zero-order chi connectivity index (χ0) is 14.4. The summed E-state index contributed by atoms with van der Waals surface area (Å²) < 4.78 is 0. The van der Waals surface area contributed by atoms with E-state index in [1.54, 1.807) is 6.20 Å². The zero-order valence-electron chi connectivity index (χ0n) is 12.8. The maximum atomic E-state index is 12.9. The quantitative estimate of drug-likeness (QED) is 0.716. The van der Waals surface area contributed by atoms with Gasteiger partial charge in [0.15, 0.2) is 0 Å². The van der Waals surface area contributed by atoms with Crippen LogP contribution < -0.4 is 0 Å². The van der Waals surface area contributed by atoms with Crippen molar-refractivity contribution >= 4 is 5.91 Å². The lowest BCUT2D eigenvalue weighted by Crippen LogP contribution is -2.52. The van der Waals surface area contributed by atoms with E-state index in [4.69, 9.17) is 0 Å². The van der Waals surface area contributed by atoms with Crippen LogP contribution >= 0.6 is 0 Å². The summed E-state index contributed by atoms with van der Waals surface area (Å²) in [7, 11) is 0. The average molecular weight is 260 g/mol. The maximum Gasteiger partial charge on any atom is 0.232 e. The fraction of sp³-hybridized carbons (Fsp3) is 0.625. The molecule has 1 aromatic heterocycles. The average Bonchev–Trinajstić information content (AvgIpc) is 2.24. The molecule has 1 aliphatic rings. The molecule has 1 unspecified atom stereocenters. The van der Waals surface area contributed by atoms with E-state index in [9.17, 15) is 4.79 Å². The third kappa shape index (κ3) is 2.51. The minimum Gasteiger partial charge on any atom is -0.333 e. The van der Waals surface area contributed by atoms with Crippen molar-refractivity contribution in [2.24, 2.45) is 5.41 Å². The fourth-order valence-electron chi connectivity index (χ4n) is 2.71. The van der Waals surface area contributed by atoms with Gasteiger partial charge in [-0.15, -0.1) is 0 Å². The van der Waals surface area contributed by atoms with Gasteiger partial charge < -0.3 is 4.90 Å². The largest absolute Gasteiger partial charge is 0.333 e. The molecule has 0 aromatic carbocycles. The van der Waals surface area contributed by atoms with Gasteiger partial charge in [-0.2, -0.15) is 0 Å². The Kier molecular flexibility index (Phi) is 3.20. The Balaban J connectivity index is 2.56. The number of pyridine rings is 1. The molecule has 0 saturated carbocycles. The molecule has 1 aliphatic heterocycles. The highest BCUT2D eigenvalue weighted by Crippen LogP contribution is 2.42. The highest BCUT2D eigenvalue weighted by atomic mass is 16.2. The van der Waals surface area contributed by atoms with Gasteiger partial charge in [-0.25, -0.2) is 0 Å². The smallest absolute Gasteiger partial charge is 0.232 e. The van der Waals surface area contributed by atoms with Crippen LogP contribution in [0.15, 0.2) is 18.3 Å². The lowest BCUT2D eigenvalue weighted by Gasteiger charge is -2.45. The predicted molar refractivity (Wildman–Crippen MR) is 76.7 cm³/mol. The molecule has 2 rings (SSSR count). The second kappa shape index (κ2) is 4.32. The van der Waals surface area contributed by atoms with Crippen LogP contribution in [0.5, 0.6) is 0 Å². The van der Waals surface area contributed by atoms with Gasteiger partial charge in [-0.1, -0.05) is 26.8 Å². The van der Waals surface area contributed by atoms with Crippen LogP contribution in [0, 0.1) is 5.41 Å². The van der Waals surface area contributed by atoms with Gasteiger partial charge in [0.1, 0.15) is 0 Å². The van der Waals surface area contributed by atoms with Crippen LogP contribution in [0.3, 0.4) is 0 Å². The lowest BCUT2D eigenvalue weighted by molar-refractivity contribution is -0.142. The topological polar surface area (TPSA) is 33.2 Å². The van der Waals surface area contributed by atoms with Crippen molar-refractivity contribution in [2.45, 2.75) is 59.5 Å². The number of amides is 1. The van der Waals surface area contributed by atoms with Gasteiger partial charge in [0.05, 0.1) is 11.6 Å². The Morgan fingerprint density at radius 2 is 1.84 bits per heavy atom. The third-order valence-electron chi connectivity index (χ3n) is 3.72. The van der Waals surface area contributed by atoms with Gasteiger partial charge in [-0.05, 0) is 37.8 Å². The molecule has 0 aliphatic carbocycles. The Bertz CT molecular complexity index is 494. The fourth-order valence-corrected chi connectivity index (χ4v) is 2.71. The molecular weight excluding hydrogens is 236 g/mol. The highest BCUT2D eigenvalue weighted by Gasteiger charge is 2.44. The molecule has 2 heterocycles. The van der Waals surface area contributed by atoms with Crippen LogP contribution in [0.1, 0.15) is 58.7 Å². The third-order valence-corrected chi connectivity index (χ3v) is 3.72. The Labute approximate surface area is 116 Å². The van der Waals surface area contributed by atoms with Gasteiger partial charge in [0.2, 0.25) is 5.91 Å². The van der Waals surface area contributed by atoms with Crippen molar-refractivity contribution < 1.29 is 4.79 Å². The zero-order valence-corrected chi connectivity index (χ0v) is 12.8. The summed E-state index contributed by atoms with van der Waals surface area (Å²) in [4.78, 5) is 19.3. The first-order valence-electron chi connectivity index (χ1n) is 6.87. The maximum absolute atomic E-state index is 12.9. The minimum atomic E-state index is -0.159. The molecule has 0 fully saturated rings. The summed E-state index contributed by atoms with van der Waals surface area (Å²) in [5.41, 5.74) is 1.86. The van der Waals surface area contributed by atoms with E-state index in [-0.39, 0.29) is 22.8 Å². The number of rotatable bonds is 0. The Hall–Kier alpha value is -1.38. The van der Waals surface area contributed by atoms with Crippen molar-refractivity contribution in [1.29, 1.82) is 0 Å². The van der Waals surface area contributed by atoms with Crippen LogP contribution in [0.4, 0.5) is 0 Å². The second-order valence-corrected chi connectivity index (χ2v) is 7.44. The molecule has 1 amide bonds. The van der Waals surface area contributed by atoms with E-state index in [0.29, 0.717) is 6.54 Å². The predicted octanol–water partition coefficient (Wildman–Crippen LogP) is 3.35. The first-order valence-corrected chi connectivity index (χ1v) is 6.87. The number of carbonyl (C=O) groups is 1. The van der Waals surface area contributed by atoms with E-state index in [1.807, 2.05) is 11.0 Å². The summed E-state index contributed by atoms with van der Waals surface area (Å²) in [6.07, 6.45) is 1.79. The molecule has 19 heavy (non-hydrogen) atoms. The Morgan fingerprint density at radius 3 is 2.37 bits per heavy atom. The molecule has 3 nitrogen and oxygen atoms in total. The van der Waals surface area contributed by atoms with Crippen molar-refractivity contribution in [1.82, 2.24) is 9.88 Å². The SMILES string of the molecule is CC(C)(C)C1C(=O)N(C(C)(C)C)Cc2cccnc21. The molecule has 0 radical (unpaired) electrons. The monoisotopic (exact) mass is 260 g/mol. The van der Waals surface area contributed by atoms with Crippen LogP contribution in [0.25, 0.3) is 0 Å². The minimum absolute atomic E-state index is 0.121. The number of nitrogens with zero attached hydrogens (tertiary/aromatic N) is 2. The number of fused-ring (bicyclic) bond motifs is 1. The standard InChI is InChI=1S/C16H24N2O/c1-15(2,3)12-13-11(8-7-9-17-13)10-18(14(12)19)16(4,5)6/h7-9,12H,10H2,1-6H3. The van der Waals surface area contributed by atoms with Gasteiger partial charge in [0, 0.05) is 18.3 Å². The molecule has 104 valence electrons. The molecule has 1 atom stereocenters. The van der Waals surface area contributed by atoms with Crippen LogP contribution in [0.2, 0.25) is 0 Å². The number of hydrogen-bond donors (Lipinski definition) is 0. The van der Waals surface area contributed by atoms with E-state index in [1.165, 1.54) is 5.56 Å². The highest BCUT2D eigenvalue weighted by molar-refractivity contribution is 5.86. The van der Waals surface area contributed by atoms with E-state index in [0.717, 1.165) is 5.69 Å². The van der Waals surface area contributed by atoms with Crippen molar-refractivity contribution in [2.75, 3.05) is 0 Å². The van der Waals surface area contributed by atoms with Gasteiger partial charge in [0.25, 0.3) is 0 Å². The molecule has 1 aromatic rings. The molecule has 3 heteroatoms. The van der Waals surface area contributed by atoms with Crippen molar-refractivity contribution in [3.05, 3.63) is 29.6 Å². The summed E-state index contributed by atoms with van der Waals surface area (Å²) >= 11 is 0. The second-order valence-electron chi connectivity index (χ2n) is 7.44. The summed E-state index contributed by atoms with van der Waals surface area (Å²) in [5, 5.41) is 0.